The van der Waals surface area contributed by atoms with Gasteiger partial charge in [0.2, 0.25) is 0 Å². The third-order valence-corrected chi connectivity index (χ3v) is 5.89. The monoisotopic (exact) mass is 466 g/mol. The van der Waals surface area contributed by atoms with E-state index in [4.69, 9.17) is 11.6 Å². The molecule has 0 atom stereocenters. The Morgan fingerprint density at radius 2 is 1.67 bits per heavy atom. The van der Waals surface area contributed by atoms with Gasteiger partial charge in [-0.1, -0.05) is 35.9 Å². The summed E-state index contributed by atoms with van der Waals surface area (Å²) in [5.74, 6) is -0.879. The van der Waals surface area contributed by atoms with Crippen LogP contribution < -0.4 is 9.80 Å². The van der Waals surface area contributed by atoms with Crippen molar-refractivity contribution in [1.82, 2.24) is 0 Å². The zero-order chi connectivity index (χ0) is 24.0. The zero-order valence-electron chi connectivity index (χ0n) is 19.3. The number of anilines is 2. The summed E-state index contributed by atoms with van der Waals surface area (Å²) in [6.45, 7) is 3.57. The quantitative estimate of drug-likeness (QED) is 0.283. The molecule has 0 aliphatic carbocycles. The lowest BCUT2D eigenvalue weighted by Crippen LogP contribution is -2.17. The van der Waals surface area contributed by atoms with Gasteiger partial charge >= 0.3 is 5.97 Å². The minimum atomic E-state index is -0.493. The number of nitrogens with zero attached hydrogens (tertiary/aromatic N) is 2. The van der Waals surface area contributed by atoms with E-state index in [1.807, 2.05) is 30.1 Å². The molecule has 3 aromatic carbocycles. The average Bonchev–Trinajstić information content (AvgIpc) is 2.82. The van der Waals surface area contributed by atoms with Gasteiger partial charge in [0.05, 0.1) is 7.11 Å². The molecular formula is C27H28ClFN2O2. The molecule has 3 aromatic rings. The highest BCUT2D eigenvalue weighted by molar-refractivity contribution is 6.31. The van der Waals surface area contributed by atoms with E-state index in [2.05, 4.69) is 47.9 Å². The third-order valence-electron chi connectivity index (χ3n) is 5.54. The van der Waals surface area contributed by atoms with Crippen molar-refractivity contribution in [2.24, 2.45) is 0 Å². The Labute approximate surface area is 199 Å². The van der Waals surface area contributed by atoms with E-state index in [1.54, 1.807) is 6.07 Å². The summed E-state index contributed by atoms with van der Waals surface area (Å²) in [6.07, 6.45) is 2.79. The van der Waals surface area contributed by atoms with Crippen LogP contribution in [0.25, 0.3) is 17.2 Å². The first-order chi connectivity index (χ1) is 15.8. The fourth-order valence-corrected chi connectivity index (χ4v) is 3.68. The maximum absolute atomic E-state index is 14.1. The smallest absolute Gasteiger partial charge is 0.330 e. The molecular weight excluding hydrogens is 439 g/mol. The highest BCUT2D eigenvalue weighted by Gasteiger charge is 2.10. The van der Waals surface area contributed by atoms with Gasteiger partial charge in [0, 0.05) is 49.7 Å². The number of benzene rings is 3. The molecule has 0 fully saturated rings. The molecule has 0 heterocycles. The van der Waals surface area contributed by atoms with Crippen LogP contribution in [0.4, 0.5) is 15.8 Å². The molecule has 0 saturated heterocycles. The van der Waals surface area contributed by atoms with Crippen LogP contribution in [-0.4, -0.2) is 33.7 Å². The second-order valence-electron chi connectivity index (χ2n) is 7.82. The molecule has 4 nitrogen and oxygen atoms in total. The molecule has 0 spiro atoms. The molecule has 3 rings (SSSR count). The summed E-state index contributed by atoms with van der Waals surface area (Å²) < 4.78 is 18.7. The van der Waals surface area contributed by atoms with E-state index >= 15 is 0 Å². The number of hydrogen-bond acceptors (Lipinski definition) is 4. The second kappa shape index (κ2) is 11.0. The summed E-state index contributed by atoms with van der Waals surface area (Å²) in [4.78, 5) is 15.4. The van der Waals surface area contributed by atoms with Crippen molar-refractivity contribution in [2.45, 2.75) is 13.5 Å². The van der Waals surface area contributed by atoms with Crippen molar-refractivity contribution in [3.63, 3.8) is 0 Å². The fourth-order valence-electron chi connectivity index (χ4n) is 3.44. The van der Waals surface area contributed by atoms with E-state index in [9.17, 15) is 9.18 Å². The number of ether oxygens (including phenoxy) is 1. The Kier molecular flexibility index (Phi) is 8.12. The Morgan fingerprint density at radius 3 is 2.30 bits per heavy atom. The Morgan fingerprint density at radius 1 is 0.970 bits per heavy atom. The number of rotatable bonds is 8. The number of halogens is 2. The van der Waals surface area contributed by atoms with Crippen LogP contribution in [0, 0.1) is 5.82 Å². The van der Waals surface area contributed by atoms with Gasteiger partial charge in [-0.25, -0.2) is 9.18 Å². The van der Waals surface area contributed by atoms with Crippen molar-refractivity contribution in [3.8, 4) is 11.1 Å². The van der Waals surface area contributed by atoms with Gasteiger partial charge in [-0.2, -0.15) is 0 Å². The number of methoxy groups -OCH3 is 1. The zero-order valence-corrected chi connectivity index (χ0v) is 20.1. The van der Waals surface area contributed by atoms with Crippen LogP contribution in [0.5, 0.6) is 0 Å². The molecule has 0 saturated carbocycles. The maximum atomic E-state index is 14.1. The molecule has 0 aliphatic heterocycles. The first-order valence-electron chi connectivity index (χ1n) is 10.7. The lowest BCUT2D eigenvalue weighted by atomic mass is 10.0. The molecule has 0 amide bonds. The van der Waals surface area contributed by atoms with E-state index in [0.29, 0.717) is 22.8 Å². The largest absolute Gasteiger partial charge is 0.466 e. The summed E-state index contributed by atoms with van der Waals surface area (Å²) >= 11 is 6.61. The highest BCUT2D eigenvalue weighted by atomic mass is 35.5. The van der Waals surface area contributed by atoms with E-state index in [-0.39, 0.29) is 5.82 Å². The standard InChI is InChI=1S/C27H28ClFN2O2/c1-5-30(2)24-11-9-20(10-12-24)21-7-8-22(26(28)16-21)18-31(3)25-15-19(14-23(29)17-25)6-13-27(32)33-4/h6-17H,5,18H2,1-4H3/b13-6+. The van der Waals surface area contributed by atoms with Crippen molar-refractivity contribution < 1.29 is 13.9 Å². The van der Waals surface area contributed by atoms with Crippen molar-refractivity contribution in [3.05, 3.63) is 88.7 Å². The molecule has 0 N–H and O–H groups in total. The van der Waals surface area contributed by atoms with Gasteiger partial charge in [-0.3, -0.25) is 0 Å². The van der Waals surface area contributed by atoms with Gasteiger partial charge < -0.3 is 14.5 Å². The third kappa shape index (κ3) is 6.36. The minimum Gasteiger partial charge on any atom is -0.466 e. The summed E-state index contributed by atoms with van der Waals surface area (Å²) in [5.41, 5.74) is 5.48. The molecule has 33 heavy (non-hydrogen) atoms. The van der Waals surface area contributed by atoms with Crippen LogP contribution in [0.2, 0.25) is 5.02 Å². The highest BCUT2D eigenvalue weighted by Crippen LogP contribution is 2.29. The van der Waals surface area contributed by atoms with Crippen LogP contribution in [0.1, 0.15) is 18.1 Å². The first kappa shape index (κ1) is 24.3. The SMILES string of the molecule is CCN(C)c1ccc(-c2ccc(CN(C)c3cc(F)cc(/C=C/C(=O)OC)c3)c(Cl)c2)cc1. The predicted molar refractivity (Wildman–Crippen MR) is 135 cm³/mol. The van der Waals surface area contributed by atoms with Crippen LogP contribution >= 0.6 is 11.6 Å². The van der Waals surface area contributed by atoms with Crippen molar-refractivity contribution in [1.29, 1.82) is 0 Å². The number of carbonyl (C=O) groups is 1. The Balaban J connectivity index is 1.77. The van der Waals surface area contributed by atoms with E-state index < -0.39 is 5.97 Å². The van der Waals surface area contributed by atoms with Crippen molar-refractivity contribution in [2.75, 3.05) is 37.5 Å². The lowest BCUT2D eigenvalue weighted by molar-refractivity contribution is -0.134. The topological polar surface area (TPSA) is 32.8 Å². The van der Waals surface area contributed by atoms with Crippen molar-refractivity contribution >= 4 is 35.0 Å². The first-order valence-corrected chi connectivity index (χ1v) is 11.1. The fraction of sp³-hybridized carbons (Fsp3) is 0.222. The Hall–Kier alpha value is -3.31. The van der Waals surface area contributed by atoms with Gasteiger partial charge in [0.15, 0.2) is 0 Å². The number of esters is 1. The van der Waals surface area contributed by atoms with Crippen LogP contribution in [0.15, 0.2) is 66.7 Å². The minimum absolute atomic E-state index is 0.387. The van der Waals surface area contributed by atoms with Gasteiger partial charge in [-0.15, -0.1) is 0 Å². The number of carbonyl (C=O) groups excluding carboxylic acids is 1. The molecule has 0 radical (unpaired) electrons. The second-order valence-corrected chi connectivity index (χ2v) is 8.23. The summed E-state index contributed by atoms with van der Waals surface area (Å²) in [6, 6.07) is 19.0. The average molecular weight is 467 g/mol. The maximum Gasteiger partial charge on any atom is 0.330 e. The Bertz CT molecular complexity index is 1150. The van der Waals surface area contributed by atoms with Gasteiger partial charge in [0.1, 0.15) is 5.82 Å². The van der Waals surface area contributed by atoms with Crippen LogP contribution in [-0.2, 0) is 16.1 Å². The molecule has 6 heteroatoms. The van der Waals surface area contributed by atoms with Gasteiger partial charge in [0.25, 0.3) is 0 Å². The van der Waals surface area contributed by atoms with Gasteiger partial charge in [-0.05, 0) is 71.7 Å². The predicted octanol–water partition coefficient (Wildman–Crippen LogP) is 6.42. The number of hydrogen-bond donors (Lipinski definition) is 0. The molecule has 0 unspecified atom stereocenters. The van der Waals surface area contributed by atoms with Crippen LogP contribution in [0.3, 0.4) is 0 Å². The lowest BCUT2D eigenvalue weighted by Gasteiger charge is -2.21. The molecule has 0 bridgehead atoms. The normalized spacial score (nSPS) is 11.0. The summed E-state index contributed by atoms with van der Waals surface area (Å²) in [5, 5.41) is 0.649. The summed E-state index contributed by atoms with van der Waals surface area (Å²) in [7, 11) is 5.23. The molecule has 0 aromatic heterocycles. The van der Waals surface area contributed by atoms with E-state index in [1.165, 1.54) is 37.1 Å². The molecule has 172 valence electrons. The van der Waals surface area contributed by atoms with E-state index in [0.717, 1.165) is 23.2 Å². The molecule has 0 aliphatic rings.